The van der Waals surface area contributed by atoms with Crippen molar-refractivity contribution in [3.8, 4) is 0 Å². The normalized spacial score (nSPS) is 11.2. The number of rotatable bonds is 1. The zero-order chi connectivity index (χ0) is 8.55. The fourth-order valence-corrected chi connectivity index (χ4v) is 2.03. The first-order valence-corrected chi connectivity index (χ1v) is 4.79. The standard InChI is InChI=1S/C9H10N2S/c1-6(2)8-5-7-9(12-8)11-4-3-10-7/h3-6H,1-2H3. The highest BCUT2D eigenvalue weighted by atomic mass is 32.1. The Hall–Kier alpha value is -0.960. The molecule has 0 bridgehead atoms. The van der Waals surface area contributed by atoms with Gasteiger partial charge in [-0.1, -0.05) is 13.8 Å². The highest BCUT2D eigenvalue weighted by molar-refractivity contribution is 7.18. The lowest BCUT2D eigenvalue weighted by Gasteiger charge is -1.95. The molecular formula is C9H10N2S. The number of nitrogens with zero attached hydrogens (tertiary/aromatic N) is 2. The molecule has 0 fully saturated rings. The summed E-state index contributed by atoms with van der Waals surface area (Å²) in [6, 6.07) is 2.12. The predicted octanol–water partition coefficient (Wildman–Crippen LogP) is 2.81. The van der Waals surface area contributed by atoms with Crippen LogP contribution in [0.1, 0.15) is 24.6 Å². The minimum atomic E-state index is 0.575. The molecule has 0 amide bonds. The van der Waals surface area contributed by atoms with E-state index in [1.54, 1.807) is 23.7 Å². The van der Waals surface area contributed by atoms with E-state index in [1.807, 2.05) is 0 Å². The number of thiophene rings is 1. The van der Waals surface area contributed by atoms with Crippen LogP contribution in [-0.2, 0) is 0 Å². The molecule has 0 aliphatic carbocycles. The van der Waals surface area contributed by atoms with Crippen molar-refractivity contribution in [1.29, 1.82) is 0 Å². The molecule has 3 heteroatoms. The molecule has 12 heavy (non-hydrogen) atoms. The lowest BCUT2D eigenvalue weighted by molar-refractivity contribution is 0.890. The fraction of sp³-hybridized carbons (Fsp3) is 0.333. The van der Waals surface area contributed by atoms with Gasteiger partial charge in [-0.05, 0) is 12.0 Å². The van der Waals surface area contributed by atoms with Crippen molar-refractivity contribution in [3.63, 3.8) is 0 Å². The molecule has 0 radical (unpaired) electrons. The van der Waals surface area contributed by atoms with E-state index in [9.17, 15) is 0 Å². The second-order valence-corrected chi connectivity index (χ2v) is 4.11. The molecule has 0 spiro atoms. The van der Waals surface area contributed by atoms with Crippen molar-refractivity contribution in [2.24, 2.45) is 0 Å². The van der Waals surface area contributed by atoms with E-state index in [0.717, 1.165) is 10.3 Å². The Labute approximate surface area is 75.3 Å². The minimum Gasteiger partial charge on any atom is -0.252 e. The average molecular weight is 178 g/mol. The van der Waals surface area contributed by atoms with Crippen LogP contribution in [0.2, 0.25) is 0 Å². The second-order valence-electron chi connectivity index (χ2n) is 3.05. The van der Waals surface area contributed by atoms with Crippen LogP contribution >= 0.6 is 11.3 Å². The quantitative estimate of drug-likeness (QED) is 0.671. The summed E-state index contributed by atoms with van der Waals surface area (Å²) in [5.74, 6) is 0.575. The third-order valence-electron chi connectivity index (χ3n) is 1.75. The lowest BCUT2D eigenvalue weighted by atomic mass is 10.2. The van der Waals surface area contributed by atoms with Gasteiger partial charge < -0.3 is 0 Å². The number of hydrogen-bond donors (Lipinski definition) is 0. The van der Waals surface area contributed by atoms with Crippen LogP contribution < -0.4 is 0 Å². The van der Waals surface area contributed by atoms with Crippen molar-refractivity contribution in [3.05, 3.63) is 23.3 Å². The molecule has 0 aliphatic heterocycles. The van der Waals surface area contributed by atoms with Crippen LogP contribution in [0.15, 0.2) is 18.5 Å². The van der Waals surface area contributed by atoms with Gasteiger partial charge in [0.2, 0.25) is 0 Å². The fourth-order valence-electron chi connectivity index (χ4n) is 1.07. The molecule has 62 valence electrons. The monoisotopic (exact) mass is 178 g/mol. The SMILES string of the molecule is CC(C)c1cc2nccnc2s1. The van der Waals surface area contributed by atoms with Crippen molar-refractivity contribution >= 4 is 21.7 Å². The maximum atomic E-state index is 4.24. The van der Waals surface area contributed by atoms with E-state index in [1.165, 1.54) is 4.88 Å². The zero-order valence-electron chi connectivity index (χ0n) is 7.11. The maximum absolute atomic E-state index is 4.24. The summed E-state index contributed by atoms with van der Waals surface area (Å²) in [7, 11) is 0. The van der Waals surface area contributed by atoms with E-state index < -0.39 is 0 Å². The van der Waals surface area contributed by atoms with E-state index in [2.05, 4.69) is 29.9 Å². The molecule has 0 saturated carbocycles. The van der Waals surface area contributed by atoms with Crippen LogP contribution in [0.4, 0.5) is 0 Å². The molecule has 0 unspecified atom stereocenters. The van der Waals surface area contributed by atoms with Crippen molar-refractivity contribution in [2.45, 2.75) is 19.8 Å². The van der Waals surface area contributed by atoms with Crippen LogP contribution in [0.25, 0.3) is 10.3 Å². The molecule has 0 aliphatic rings. The Morgan fingerprint density at radius 3 is 2.67 bits per heavy atom. The summed E-state index contributed by atoms with van der Waals surface area (Å²) in [6.07, 6.45) is 3.47. The molecule has 2 rings (SSSR count). The summed E-state index contributed by atoms with van der Waals surface area (Å²) in [5, 5.41) is 0. The Morgan fingerprint density at radius 2 is 2.00 bits per heavy atom. The number of hydrogen-bond acceptors (Lipinski definition) is 3. The largest absolute Gasteiger partial charge is 0.252 e. The topological polar surface area (TPSA) is 25.8 Å². The zero-order valence-corrected chi connectivity index (χ0v) is 7.93. The molecule has 2 heterocycles. The van der Waals surface area contributed by atoms with Crippen LogP contribution in [-0.4, -0.2) is 9.97 Å². The molecule has 2 aromatic rings. The smallest absolute Gasteiger partial charge is 0.142 e. The molecule has 0 atom stereocenters. The van der Waals surface area contributed by atoms with E-state index in [-0.39, 0.29) is 0 Å². The summed E-state index contributed by atoms with van der Waals surface area (Å²) < 4.78 is 0. The van der Waals surface area contributed by atoms with Gasteiger partial charge in [-0.2, -0.15) is 0 Å². The molecule has 2 nitrogen and oxygen atoms in total. The second kappa shape index (κ2) is 2.83. The van der Waals surface area contributed by atoms with Gasteiger partial charge >= 0.3 is 0 Å². The van der Waals surface area contributed by atoms with E-state index >= 15 is 0 Å². The Balaban J connectivity index is 2.62. The highest BCUT2D eigenvalue weighted by Crippen LogP contribution is 2.27. The summed E-state index contributed by atoms with van der Waals surface area (Å²) in [5.41, 5.74) is 1.02. The number of fused-ring (bicyclic) bond motifs is 1. The van der Waals surface area contributed by atoms with Gasteiger partial charge in [-0.25, -0.2) is 4.98 Å². The van der Waals surface area contributed by atoms with Gasteiger partial charge in [0.05, 0.1) is 5.52 Å². The van der Waals surface area contributed by atoms with Crippen molar-refractivity contribution in [2.75, 3.05) is 0 Å². The van der Waals surface area contributed by atoms with Crippen molar-refractivity contribution < 1.29 is 0 Å². The lowest BCUT2D eigenvalue weighted by Crippen LogP contribution is -1.77. The average Bonchev–Trinajstić information content (AvgIpc) is 2.46. The van der Waals surface area contributed by atoms with Gasteiger partial charge in [0.25, 0.3) is 0 Å². The Bertz CT molecular complexity index is 359. The Kier molecular flexibility index (Phi) is 1.81. The summed E-state index contributed by atoms with van der Waals surface area (Å²) in [4.78, 5) is 10.9. The molecule has 2 aromatic heterocycles. The summed E-state index contributed by atoms with van der Waals surface area (Å²) >= 11 is 1.73. The molecular weight excluding hydrogens is 168 g/mol. The third-order valence-corrected chi connectivity index (χ3v) is 3.09. The van der Waals surface area contributed by atoms with Crippen LogP contribution in [0, 0.1) is 0 Å². The third kappa shape index (κ3) is 1.20. The van der Waals surface area contributed by atoms with E-state index in [4.69, 9.17) is 0 Å². The van der Waals surface area contributed by atoms with Crippen LogP contribution in [0.5, 0.6) is 0 Å². The first-order valence-electron chi connectivity index (χ1n) is 3.98. The first-order chi connectivity index (χ1) is 5.77. The number of aromatic nitrogens is 2. The van der Waals surface area contributed by atoms with Gasteiger partial charge in [0.15, 0.2) is 0 Å². The maximum Gasteiger partial charge on any atom is 0.142 e. The first kappa shape index (κ1) is 7.68. The summed E-state index contributed by atoms with van der Waals surface area (Å²) in [6.45, 7) is 4.37. The van der Waals surface area contributed by atoms with E-state index in [0.29, 0.717) is 5.92 Å². The Morgan fingerprint density at radius 1 is 1.25 bits per heavy atom. The molecule has 0 aromatic carbocycles. The molecule has 0 N–H and O–H groups in total. The van der Waals surface area contributed by atoms with Gasteiger partial charge in [0, 0.05) is 17.3 Å². The van der Waals surface area contributed by atoms with Gasteiger partial charge in [-0.3, -0.25) is 4.98 Å². The minimum absolute atomic E-state index is 0.575. The molecule has 0 saturated heterocycles. The highest BCUT2D eigenvalue weighted by Gasteiger charge is 2.05. The van der Waals surface area contributed by atoms with Gasteiger partial charge in [0.1, 0.15) is 4.83 Å². The predicted molar refractivity (Wildman–Crippen MR) is 51.5 cm³/mol. The van der Waals surface area contributed by atoms with Gasteiger partial charge in [-0.15, -0.1) is 11.3 Å². The van der Waals surface area contributed by atoms with Crippen molar-refractivity contribution in [1.82, 2.24) is 9.97 Å². The van der Waals surface area contributed by atoms with Crippen LogP contribution in [0.3, 0.4) is 0 Å².